The van der Waals surface area contributed by atoms with Crippen molar-refractivity contribution in [1.82, 2.24) is 15.5 Å². The fourth-order valence-electron chi connectivity index (χ4n) is 4.40. The fourth-order valence-corrected chi connectivity index (χ4v) is 4.40. The Balaban J connectivity index is 1.40. The van der Waals surface area contributed by atoms with Crippen LogP contribution in [0.25, 0.3) is 0 Å². The third-order valence-corrected chi connectivity index (χ3v) is 5.99. The molecule has 1 aromatic carbocycles. The fraction of sp³-hybridized carbons (Fsp3) is 0.524. The van der Waals surface area contributed by atoms with E-state index in [4.69, 9.17) is 0 Å². The lowest BCUT2D eigenvalue weighted by Gasteiger charge is -2.27. The van der Waals surface area contributed by atoms with Crippen LogP contribution in [0.3, 0.4) is 0 Å². The lowest BCUT2D eigenvalue weighted by Crippen LogP contribution is -2.54. The van der Waals surface area contributed by atoms with E-state index in [1.165, 1.54) is 12.8 Å². The average molecular weight is 398 g/mol. The lowest BCUT2D eigenvalue weighted by molar-refractivity contribution is -0.136. The van der Waals surface area contributed by atoms with E-state index in [-0.39, 0.29) is 18.7 Å². The number of fused-ring (bicyclic) bond motifs is 1. The molecular formula is C21H26N4O4. The molecule has 3 aliphatic heterocycles. The molecule has 8 nitrogen and oxygen atoms in total. The second-order valence-corrected chi connectivity index (χ2v) is 7.96. The van der Waals surface area contributed by atoms with Gasteiger partial charge < -0.3 is 10.6 Å². The molecule has 1 aromatic rings. The van der Waals surface area contributed by atoms with E-state index >= 15 is 0 Å². The summed E-state index contributed by atoms with van der Waals surface area (Å²) in [6.07, 6.45) is 4.82. The average Bonchev–Trinajstić information content (AvgIpc) is 3.30. The Morgan fingerprint density at radius 3 is 2.69 bits per heavy atom. The highest BCUT2D eigenvalue weighted by Gasteiger charge is 2.45. The normalized spacial score (nSPS) is 24.1. The lowest BCUT2D eigenvalue weighted by atomic mass is 10.0. The Kier molecular flexibility index (Phi) is 5.62. The van der Waals surface area contributed by atoms with Gasteiger partial charge >= 0.3 is 0 Å². The molecule has 3 heterocycles. The molecule has 0 radical (unpaired) electrons. The van der Waals surface area contributed by atoms with Crippen molar-refractivity contribution in [3.05, 3.63) is 29.3 Å². The minimum Gasteiger partial charge on any atom is -0.384 e. The number of amides is 4. The highest BCUT2D eigenvalue weighted by Crippen LogP contribution is 2.32. The Hall–Kier alpha value is -2.74. The Bertz CT molecular complexity index is 847. The van der Waals surface area contributed by atoms with E-state index in [9.17, 15) is 19.2 Å². The molecule has 4 amide bonds. The predicted molar refractivity (Wildman–Crippen MR) is 106 cm³/mol. The van der Waals surface area contributed by atoms with E-state index in [1.54, 1.807) is 18.2 Å². The monoisotopic (exact) mass is 398 g/mol. The number of nitrogens with zero attached hydrogens (tertiary/aromatic N) is 1. The molecule has 0 aliphatic carbocycles. The highest BCUT2D eigenvalue weighted by atomic mass is 16.2. The zero-order chi connectivity index (χ0) is 20.4. The van der Waals surface area contributed by atoms with Crippen molar-refractivity contribution < 1.29 is 19.2 Å². The zero-order valence-electron chi connectivity index (χ0n) is 16.3. The molecule has 0 saturated carbocycles. The third kappa shape index (κ3) is 3.89. The Morgan fingerprint density at radius 2 is 1.93 bits per heavy atom. The molecule has 2 fully saturated rings. The number of unbranched alkanes of at least 4 members (excludes halogenated alkanes) is 1. The standard InChI is InChI=1S/C21H26N4O4/c26-17-8-7-16(19(27)24-17)25-20(28)14-5-3-6-15(18(14)21(25)29)23-10-2-1-4-13-9-11-22-12-13/h3,5-6,13,16,22-23H,1-2,4,7-12H2,(H,24,26,27). The number of rotatable bonds is 7. The van der Waals surface area contributed by atoms with E-state index < -0.39 is 23.8 Å². The van der Waals surface area contributed by atoms with Gasteiger partial charge in [0, 0.05) is 18.7 Å². The van der Waals surface area contributed by atoms with Gasteiger partial charge in [0.25, 0.3) is 11.8 Å². The SMILES string of the molecule is O=C1CCC(N2C(=O)c3cccc(NCCCCC4CCNC4)c3C2=O)C(=O)N1. The number of nitrogens with one attached hydrogen (secondary N) is 3. The van der Waals surface area contributed by atoms with Gasteiger partial charge in [-0.25, -0.2) is 0 Å². The predicted octanol–water partition coefficient (Wildman–Crippen LogP) is 1.28. The van der Waals surface area contributed by atoms with Gasteiger partial charge in [-0.2, -0.15) is 0 Å². The molecule has 3 aliphatic rings. The summed E-state index contributed by atoms with van der Waals surface area (Å²) in [6, 6.07) is 4.20. The number of carbonyl (C=O) groups is 4. The number of imide groups is 2. The number of anilines is 1. The second-order valence-electron chi connectivity index (χ2n) is 7.96. The van der Waals surface area contributed by atoms with Crippen molar-refractivity contribution in [2.24, 2.45) is 5.92 Å². The number of hydrogen-bond donors (Lipinski definition) is 3. The van der Waals surface area contributed by atoms with Gasteiger partial charge in [0.2, 0.25) is 11.8 Å². The summed E-state index contributed by atoms with van der Waals surface area (Å²) in [4.78, 5) is 50.4. The van der Waals surface area contributed by atoms with Gasteiger partial charge in [0.1, 0.15) is 6.04 Å². The van der Waals surface area contributed by atoms with Crippen molar-refractivity contribution in [3.63, 3.8) is 0 Å². The van der Waals surface area contributed by atoms with Crippen LogP contribution >= 0.6 is 0 Å². The number of benzene rings is 1. The van der Waals surface area contributed by atoms with Crippen molar-refractivity contribution in [1.29, 1.82) is 0 Å². The van der Waals surface area contributed by atoms with Gasteiger partial charge in [-0.15, -0.1) is 0 Å². The minimum atomic E-state index is -0.937. The molecule has 0 bridgehead atoms. The van der Waals surface area contributed by atoms with Crippen LogP contribution in [0.5, 0.6) is 0 Å². The largest absolute Gasteiger partial charge is 0.384 e. The second kappa shape index (κ2) is 8.32. The van der Waals surface area contributed by atoms with E-state index in [1.807, 2.05) is 0 Å². The number of carbonyl (C=O) groups excluding carboxylic acids is 4. The highest BCUT2D eigenvalue weighted by molar-refractivity contribution is 6.25. The van der Waals surface area contributed by atoms with Gasteiger partial charge in [-0.05, 0) is 56.8 Å². The van der Waals surface area contributed by atoms with Crippen molar-refractivity contribution >= 4 is 29.3 Å². The topological polar surface area (TPSA) is 108 Å². The first-order valence-corrected chi connectivity index (χ1v) is 10.4. The van der Waals surface area contributed by atoms with Crippen LogP contribution in [0.4, 0.5) is 5.69 Å². The summed E-state index contributed by atoms with van der Waals surface area (Å²) < 4.78 is 0. The van der Waals surface area contributed by atoms with Crippen LogP contribution in [0.2, 0.25) is 0 Å². The van der Waals surface area contributed by atoms with Gasteiger partial charge in [-0.3, -0.25) is 29.4 Å². The summed E-state index contributed by atoms with van der Waals surface area (Å²) >= 11 is 0. The van der Waals surface area contributed by atoms with Crippen molar-refractivity contribution in [3.8, 4) is 0 Å². The molecule has 4 rings (SSSR count). The van der Waals surface area contributed by atoms with Crippen LogP contribution in [-0.4, -0.2) is 54.2 Å². The molecule has 2 unspecified atom stereocenters. The zero-order valence-corrected chi connectivity index (χ0v) is 16.3. The maximum absolute atomic E-state index is 13.0. The van der Waals surface area contributed by atoms with E-state index in [0.717, 1.165) is 43.3 Å². The van der Waals surface area contributed by atoms with Crippen molar-refractivity contribution in [2.45, 2.75) is 44.6 Å². The summed E-state index contributed by atoms with van der Waals surface area (Å²) in [5.74, 6) is -1.15. The summed E-state index contributed by atoms with van der Waals surface area (Å²) in [6.45, 7) is 2.93. The molecule has 2 atom stereocenters. The molecule has 3 N–H and O–H groups in total. The molecule has 29 heavy (non-hydrogen) atoms. The smallest absolute Gasteiger partial charge is 0.264 e. The quantitative estimate of drug-likeness (QED) is 0.472. The van der Waals surface area contributed by atoms with E-state index in [0.29, 0.717) is 16.8 Å². The molecular weight excluding hydrogens is 372 g/mol. The summed E-state index contributed by atoms with van der Waals surface area (Å²) in [5, 5.41) is 8.89. The Morgan fingerprint density at radius 1 is 1.07 bits per heavy atom. The molecule has 0 spiro atoms. The maximum atomic E-state index is 13.0. The first-order valence-electron chi connectivity index (χ1n) is 10.4. The summed E-state index contributed by atoms with van der Waals surface area (Å²) in [7, 11) is 0. The summed E-state index contributed by atoms with van der Waals surface area (Å²) in [5.41, 5.74) is 1.25. The molecule has 8 heteroatoms. The van der Waals surface area contributed by atoms with Crippen molar-refractivity contribution in [2.75, 3.05) is 25.0 Å². The van der Waals surface area contributed by atoms with Crippen LogP contribution in [0.15, 0.2) is 18.2 Å². The first kappa shape index (κ1) is 19.6. The van der Waals surface area contributed by atoms with Crippen LogP contribution in [0.1, 0.15) is 59.2 Å². The molecule has 2 saturated heterocycles. The van der Waals surface area contributed by atoms with Gasteiger partial charge in [0.15, 0.2) is 0 Å². The van der Waals surface area contributed by atoms with Gasteiger partial charge in [-0.1, -0.05) is 12.5 Å². The number of piperidine rings is 1. The van der Waals surface area contributed by atoms with Gasteiger partial charge in [0.05, 0.1) is 11.1 Å². The Labute approximate surface area is 169 Å². The maximum Gasteiger partial charge on any atom is 0.264 e. The first-order chi connectivity index (χ1) is 14.1. The third-order valence-electron chi connectivity index (χ3n) is 5.99. The van der Waals surface area contributed by atoms with E-state index in [2.05, 4.69) is 16.0 Å². The van der Waals surface area contributed by atoms with Crippen LogP contribution < -0.4 is 16.0 Å². The number of hydrogen-bond acceptors (Lipinski definition) is 6. The van der Waals surface area contributed by atoms with Crippen LogP contribution in [0, 0.1) is 5.92 Å². The van der Waals surface area contributed by atoms with Crippen LogP contribution in [-0.2, 0) is 9.59 Å². The minimum absolute atomic E-state index is 0.117. The molecule has 154 valence electrons. The molecule has 0 aromatic heterocycles.